The number of aliphatic hydroxyl groups is 1. The van der Waals surface area contributed by atoms with Crippen LogP contribution in [0.5, 0.6) is 0 Å². The molecule has 0 aromatic rings. The lowest BCUT2D eigenvalue weighted by atomic mass is 9.77. The molecule has 0 aliphatic heterocycles. The Labute approximate surface area is 97.7 Å². The maximum atomic E-state index is 11.2. The Hall–Kier alpha value is -1.92. The number of nitro groups is 2. The predicted octanol–water partition coefficient (Wildman–Crippen LogP) is 2.05. The van der Waals surface area contributed by atoms with Crippen LogP contribution >= 0.6 is 0 Å². The number of hydrogen-bond acceptors (Lipinski definition) is 5. The zero-order valence-corrected chi connectivity index (χ0v) is 9.62. The highest BCUT2D eigenvalue weighted by atomic mass is 16.6. The topological polar surface area (TPSA) is 107 Å². The third-order valence-electron chi connectivity index (χ3n) is 3.30. The van der Waals surface area contributed by atoms with Gasteiger partial charge in [-0.2, -0.15) is 0 Å². The number of rotatable bonds is 4. The Bertz CT molecular complexity index is 415. The molecule has 0 saturated heterocycles. The summed E-state index contributed by atoms with van der Waals surface area (Å²) in [6, 6.07) is 0. The maximum Gasteiger partial charge on any atom is 0.295 e. The molecule has 0 radical (unpaired) electrons. The summed E-state index contributed by atoms with van der Waals surface area (Å²) in [5, 5.41) is 31.2. The molecule has 0 aromatic carbocycles. The first kappa shape index (κ1) is 13.1. The molecule has 0 fully saturated rings. The zero-order chi connectivity index (χ0) is 13.2. The first-order chi connectivity index (χ1) is 7.85. The Morgan fingerprint density at radius 3 is 2.53 bits per heavy atom. The van der Waals surface area contributed by atoms with Gasteiger partial charge in [-0.3, -0.25) is 20.2 Å². The summed E-state index contributed by atoms with van der Waals surface area (Å²) in [7, 11) is 0. The molecule has 7 heteroatoms. The SMILES string of the molecule is CCC(C)C1([N+](=O)[O-])C=CC(O)=C([N+](=O)[O-])C1. The van der Waals surface area contributed by atoms with Crippen LogP contribution in [0.1, 0.15) is 26.7 Å². The Kier molecular flexibility index (Phi) is 3.50. The lowest BCUT2D eigenvalue weighted by Gasteiger charge is -2.28. The molecule has 1 rings (SSSR count). The third-order valence-corrected chi connectivity index (χ3v) is 3.30. The van der Waals surface area contributed by atoms with Gasteiger partial charge >= 0.3 is 0 Å². The van der Waals surface area contributed by atoms with Crippen molar-refractivity contribution in [1.82, 2.24) is 0 Å². The van der Waals surface area contributed by atoms with E-state index in [9.17, 15) is 25.3 Å². The van der Waals surface area contributed by atoms with Gasteiger partial charge in [-0.15, -0.1) is 0 Å². The molecular formula is C10H14N2O5. The molecule has 0 saturated carbocycles. The van der Waals surface area contributed by atoms with Crippen molar-refractivity contribution >= 4 is 0 Å². The molecule has 1 aliphatic carbocycles. The van der Waals surface area contributed by atoms with Crippen LogP contribution in [-0.4, -0.2) is 20.5 Å². The fraction of sp³-hybridized carbons (Fsp3) is 0.600. The Morgan fingerprint density at radius 1 is 1.53 bits per heavy atom. The quantitative estimate of drug-likeness (QED) is 0.599. The van der Waals surface area contributed by atoms with Crippen LogP contribution in [0.4, 0.5) is 0 Å². The second-order valence-corrected chi connectivity index (χ2v) is 4.16. The predicted molar refractivity (Wildman–Crippen MR) is 59.6 cm³/mol. The smallest absolute Gasteiger partial charge is 0.295 e. The first-order valence-electron chi connectivity index (χ1n) is 5.25. The van der Waals surface area contributed by atoms with E-state index in [1.165, 1.54) is 6.08 Å². The molecule has 2 unspecified atom stereocenters. The summed E-state index contributed by atoms with van der Waals surface area (Å²) >= 11 is 0. The van der Waals surface area contributed by atoms with Gasteiger partial charge in [0.25, 0.3) is 11.2 Å². The van der Waals surface area contributed by atoms with Crippen LogP contribution in [0.3, 0.4) is 0 Å². The van der Waals surface area contributed by atoms with Crippen molar-refractivity contribution in [3.05, 3.63) is 43.8 Å². The van der Waals surface area contributed by atoms with Crippen LogP contribution in [0.2, 0.25) is 0 Å². The molecule has 7 nitrogen and oxygen atoms in total. The summed E-state index contributed by atoms with van der Waals surface area (Å²) in [6.07, 6.45) is 2.45. The zero-order valence-electron chi connectivity index (χ0n) is 9.62. The van der Waals surface area contributed by atoms with E-state index in [4.69, 9.17) is 0 Å². The largest absolute Gasteiger partial charge is 0.502 e. The van der Waals surface area contributed by atoms with Gasteiger partial charge in [0.15, 0.2) is 5.76 Å². The van der Waals surface area contributed by atoms with Crippen LogP contribution in [-0.2, 0) is 0 Å². The molecule has 0 aromatic heterocycles. The molecular weight excluding hydrogens is 228 g/mol. The molecule has 1 aliphatic rings. The van der Waals surface area contributed by atoms with Crippen molar-refractivity contribution in [3.63, 3.8) is 0 Å². The molecule has 1 N–H and O–H groups in total. The summed E-state index contributed by atoms with van der Waals surface area (Å²) < 4.78 is 0. The van der Waals surface area contributed by atoms with E-state index >= 15 is 0 Å². The van der Waals surface area contributed by atoms with E-state index in [2.05, 4.69) is 0 Å². The third kappa shape index (κ3) is 2.13. The standard InChI is InChI=1S/C10H14N2O5/c1-3-7(2)10(12(16)17)5-4-9(13)8(6-10)11(14)15/h4-5,7,13H,3,6H2,1-2H3. The van der Waals surface area contributed by atoms with Crippen LogP contribution in [0, 0.1) is 26.1 Å². The van der Waals surface area contributed by atoms with Crippen LogP contribution < -0.4 is 0 Å². The second-order valence-electron chi connectivity index (χ2n) is 4.16. The highest BCUT2D eigenvalue weighted by molar-refractivity contribution is 5.26. The van der Waals surface area contributed by atoms with Crippen molar-refractivity contribution in [2.24, 2.45) is 5.92 Å². The van der Waals surface area contributed by atoms with E-state index in [1.54, 1.807) is 13.8 Å². The summed E-state index contributed by atoms with van der Waals surface area (Å²) in [5.41, 5.74) is -1.99. The number of aliphatic hydroxyl groups excluding tert-OH is 1. The highest BCUT2D eigenvalue weighted by Crippen LogP contribution is 2.36. The van der Waals surface area contributed by atoms with Crippen molar-refractivity contribution in [2.45, 2.75) is 32.2 Å². The van der Waals surface area contributed by atoms with Gasteiger partial charge in [0.1, 0.15) is 6.42 Å². The molecule has 94 valence electrons. The van der Waals surface area contributed by atoms with Gasteiger partial charge < -0.3 is 5.11 Å². The molecule has 0 heterocycles. The van der Waals surface area contributed by atoms with Gasteiger partial charge in [0, 0.05) is 10.8 Å². The van der Waals surface area contributed by atoms with Gasteiger partial charge in [-0.1, -0.05) is 13.8 Å². The van der Waals surface area contributed by atoms with Gasteiger partial charge in [0.05, 0.1) is 4.92 Å². The molecule has 2 atom stereocenters. The van der Waals surface area contributed by atoms with E-state index in [0.29, 0.717) is 6.42 Å². The summed E-state index contributed by atoms with van der Waals surface area (Å²) in [5.74, 6) is -0.854. The van der Waals surface area contributed by atoms with Gasteiger partial charge in [-0.05, 0) is 18.6 Å². The van der Waals surface area contributed by atoms with Gasteiger partial charge in [0.2, 0.25) is 0 Å². The van der Waals surface area contributed by atoms with Crippen molar-refractivity contribution in [2.75, 3.05) is 0 Å². The molecule has 0 bridgehead atoms. The number of nitrogens with zero attached hydrogens (tertiary/aromatic N) is 2. The van der Waals surface area contributed by atoms with E-state index in [0.717, 1.165) is 6.08 Å². The number of allylic oxidation sites excluding steroid dienone is 1. The van der Waals surface area contributed by atoms with Gasteiger partial charge in [-0.25, -0.2) is 0 Å². The van der Waals surface area contributed by atoms with Crippen LogP contribution in [0.15, 0.2) is 23.6 Å². The summed E-state index contributed by atoms with van der Waals surface area (Å²) in [4.78, 5) is 20.6. The normalized spacial score (nSPS) is 25.8. The lowest BCUT2D eigenvalue weighted by molar-refractivity contribution is -0.572. The average Bonchev–Trinajstić information content (AvgIpc) is 2.28. The second kappa shape index (κ2) is 4.52. The lowest BCUT2D eigenvalue weighted by Crippen LogP contribution is -2.45. The van der Waals surface area contributed by atoms with E-state index in [-0.39, 0.29) is 12.3 Å². The van der Waals surface area contributed by atoms with E-state index in [1.807, 2.05) is 0 Å². The fourth-order valence-electron chi connectivity index (χ4n) is 1.89. The first-order valence-corrected chi connectivity index (χ1v) is 5.25. The molecule has 17 heavy (non-hydrogen) atoms. The van der Waals surface area contributed by atoms with Crippen molar-refractivity contribution in [3.8, 4) is 0 Å². The minimum atomic E-state index is -1.50. The van der Waals surface area contributed by atoms with Crippen molar-refractivity contribution < 1.29 is 15.0 Å². The van der Waals surface area contributed by atoms with Crippen molar-refractivity contribution in [1.29, 1.82) is 0 Å². The average molecular weight is 242 g/mol. The number of hydrogen-bond donors (Lipinski definition) is 1. The Balaban J connectivity index is 3.21. The molecule has 0 amide bonds. The summed E-state index contributed by atoms with van der Waals surface area (Å²) in [6.45, 7) is 3.46. The maximum absolute atomic E-state index is 11.2. The minimum absolute atomic E-state index is 0.350. The Morgan fingerprint density at radius 2 is 2.12 bits per heavy atom. The fourth-order valence-corrected chi connectivity index (χ4v) is 1.89. The monoisotopic (exact) mass is 242 g/mol. The van der Waals surface area contributed by atoms with E-state index < -0.39 is 26.8 Å². The van der Waals surface area contributed by atoms with Crippen LogP contribution in [0.25, 0.3) is 0 Å². The minimum Gasteiger partial charge on any atom is -0.502 e. The highest BCUT2D eigenvalue weighted by Gasteiger charge is 2.51. The molecule has 0 spiro atoms.